The molecule has 7 heteroatoms. The lowest BCUT2D eigenvalue weighted by molar-refractivity contribution is 0.0860. The minimum atomic E-state index is -0.284. The highest BCUT2D eigenvalue weighted by atomic mass is 16.6. The predicted octanol–water partition coefficient (Wildman–Crippen LogP) is 3.48. The summed E-state index contributed by atoms with van der Waals surface area (Å²) in [5.41, 5.74) is 2.62. The van der Waals surface area contributed by atoms with Crippen LogP contribution in [0.15, 0.2) is 42.6 Å². The van der Waals surface area contributed by atoms with E-state index >= 15 is 0 Å². The first-order valence-electron chi connectivity index (χ1n) is 9.58. The van der Waals surface area contributed by atoms with E-state index in [0.29, 0.717) is 43.9 Å². The third-order valence-corrected chi connectivity index (χ3v) is 4.79. The predicted molar refractivity (Wildman–Crippen MR) is 108 cm³/mol. The van der Waals surface area contributed by atoms with Crippen molar-refractivity contribution in [2.24, 2.45) is 0 Å². The molecule has 28 heavy (non-hydrogen) atoms. The molecule has 0 radical (unpaired) electrons. The van der Waals surface area contributed by atoms with Gasteiger partial charge >= 0.3 is 6.09 Å². The van der Waals surface area contributed by atoms with Crippen LogP contribution in [0.1, 0.15) is 35.7 Å². The molecule has 0 unspecified atom stereocenters. The first-order chi connectivity index (χ1) is 13.6. The summed E-state index contributed by atoms with van der Waals surface area (Å²) in [5.74, 6) is 0.490. The molecule has 3 rings (SSSR count). The van der Waals surface area contributed by atoms with Crippen LogP contribution in [0.5, 0.6) is 0 Å². The van der Waals surface area contributed by atoms with E-state index in [2.05, 4.69) is 15.6 Å². The molecule has 0 saturated carbocycles. The topological polar surface area (TPSA) is 83.6 Å². The van der Waals surface area contributed by atoms with Gasteiger partial charge in [-0.05, 0) is 50.5 Å². The second-order valence-corrected chi connectivity index (χ2v) is 6.80. The minimum absolute atomic E-state index is 0.0409. The average molecular weight is 382 g/mol. The molecular formula is C21H26N4O3. The van der Waals surface area contributed by atoms with E-state index < -0.39 is 0 Å². The van der Waals surface area contributed by atoms with Crippen LogP contribution < -0.4 is 10.6 Å². The molecule has 0 spiro atoms. The molecule has 2 heterocycles. The third-order valence-electron chi connectivity index (χ3n) is 4.79. The number of pyridine rings is 1. The fourth-order valence-electron chi connectivity index (χ4n) is 3.18. The second-order valence-electron chi connectivity index (χ2n) is 6.80. The van der Waals surface area contributed by atoms with Crippen molar-refractivity contribution in [2.45, 2.75) is 32.7 Å². The Kier molecular flexibility index (Phi) is 6.47. The summed E-state index contributed by atoms with van der Waals surface area (Å²) in [6.45, 7) is 5.35. The number of nitrogens with one attached hydrogen (secondary N) is 2. The fourth-order valence-corrected chi connectivity index (χ4v) is 3.18. The number of piperidine rings is 1. The molecule has 1 aliphatic heterocycles. The molecule has 0 bridgehead atoms. The Bertz CT molecular complexity index is 832. The SMILES string of the molecule is CCOC(=O)N1CCC(NC(=O)c2ccnc(Nc3ccccc3C)c2)CC1. The van der Waals surface area contributed by atoms with Gasteiger partial charge in [0, 0.05) is 36.6 Å². The number of likely N-dealkylation sites (tertiary alicyclic amines) is 1. The average Bonchev–Trinajstić information content (AvgIpc) is 2.71. The number of anilines is 2. The molecule has 1 saturated heterocycles. The number of rotatable bonds is 5. The molecule has 1 aromatic heterocycles. The number of amides is 2. The summed E-state index contributed by atoms with van der Waals surface area (Å²) in [5, 5.41) is 6.31. The number of hydrogen-bond acceptors (Lipinski definition) is 5. The maximum Gasteiger partial charge on any atom is 0.409 e. The Labute approximate surface area is 165 Å². The van der Waals surface area contributed by atoms with Crippen molar-refractivity contribution in [1.29, 1.82) is 0 Å². The minimum Gasteiger partial charge on any atom is -0.450 e. The van der Waals surface area contributed by atoms with Gasteiger partial charge in [-0.25, -0.2) is 9.78 Å². The van der Waals surface area contributed by atoms with Crippen molar-refractivity contribution in [3.8, 4) is 0 Å². The lowest BCUT2D eigenvalue weighted by Gasteiger charge is -2.31. The molecule has 0 atom stereocenters. The summed E-state index contributed by atoms with van der Waals surface area (Å²) in [6.07, 6.45) is 2.76. The van der Waals surface area contributed by atoms with E-state index in [1.54, 1.807) is 30.2 Å². The van der Waals surface area contributed by atoms with Gasteiger partial charge in [0.25, 0.3) is 5.91 Å². The maximum absolute atomic E-state index is 12.6. The first-order valence-corrected chi connectivity index (χ1v) is 9.58. The number of nitrogens with zero attached hydrogens (tertiary/aromatic N) is 2. The zero-order valence-corrected chi connectivity index (χ0v) is 16.3. The van der Waals surface area contributed by atoms with Gasteiger partial charge in [0.1, 0.15) is 5.82 Å². The van der Waals surface area contributed by atoms with Crippen LogP contribution in [0.4, 0.5) is 16.3 Å². The quantitative estimate of drug-likeness (QED) is 0.827. The normalized spacial score (nSPS) is 14.4. The van der Waals surface area contributed by atoms with Crippen LogP contribution in [0.2, 0.25) is 0 Å². The molecule has 2 aromatic rings. The number of carbonyl (C=O) groups excluding carboxylic acids is 2. The Morgan fingerprint density at radius 1 is 1.21 bits per heavy atom. The van der Waals surface area contributed by atoms with Crippen LogP contribution >= 0.6 is 0 Å². The largest absolute Gasteiger partial charge is 0.450 e. The van der Waals surface area contributed by atoms with Gasteiger partial charge in [-0.3, -0.25) is 4.79 Å². The van der Waals surface area contributed by atoms with Crippen molar-refractivity contribution in [3.63, 3.8) is 0 Å². The second kappa shape index (κ2) is 9.21. The summed E-state index contributed by atoms with van der Waals surface area (Å²) < 4.78 is 5.02. The monoisotopic (exact) mass is 382 g/mol. The lowest BCUT2D eigenvalue weighted by Crippen LogP contribution is -2.46. The van der Waals surface area contributed by atoms with Crippen molar-refractivity contribution in [3.05, 3.63) is 53.7 Å². The van der Waals surface area contributed by atoms with Crippen LogP contribution in [-0.2, 0) is 4.74 Å². The summed E-state index contributed by atoms with van der Waals surface area (Å²) in [4.78, 5) is 30.4. The van der Waals surface area contributed by atoms with E-state index in [4.69, 9.17) is 4.74 Å². The third kappa shape index (κ3) is 5.00. The summed E-state index contributed by atoms with van der Waals surface area (Å²) in [6, 6.07) is 11.4. The molecule has 1 fully saturated rings. The van der Waals surface area contributed by atoms with Crippen molar-refractivity contribution >= 4 is 23.5 Å². The number of carbonyl (C=O) groups is 2. The van der Waals surface area contributed by atoms with Crippen molar-refractivity contribution in [2.75, 3.05) is 25.0 Å². The highest BCUT2D eigenvalue weighted by Gasteiger charge is 2.24. The van der Waals surface area contributed by atoms with E-state index in [1.807, 2.05) is 31.2 Å². The number of hydrogen-bond donors (Lipinski definition) is 2. The Balaban J connectivity index is 1.57. The Morgan fingerprint density at radius 2 is 1.96 bits per heavy atom. The smallest absolute Gasteiger partial charge is 0.409 e. The zero-order chi connectivity index (χ0) is 19.9. The Hall–Kier alpha value is -3.09. The Morgan fingerprint density at radius 3 is 2.68 bits per heavy atom. The molecule has 1 aliphatic rings. The van der Waals surface area contributed by atoms with Gasteiger partial charge in [0.05, 0.1) is 6.61 Å². The standard InChI is InChI=1S/C21H26N4O3/c1-3-28-21(27)25-12-9-17(10-13-25)23-20(26)16-8-11-22-19(14-16)24-18-7-5-4-6-15(18)2/h4-8,11,14,17H,3,9-10,12-13H2,1-2H3,(H,22,24)(H,23,26). The van der Waals surface area contributed by atoms with E-state index in [9.17, 15) is 9.59 Å². The zero-order valence-electron chi connectivity index (χ0n) is 16.3. The summed E-state index contributed by atoms with van der Waals surface area (Å²) in [7, 11) is 0. The van der Waals surface area contributed by atoms with Crippen LogP contribution in [0.25, 0.3) is 0 Å². The maximum atomic E-state index is 12.6. The molecular weight excluding hydrogens is 356 g/mol. The van der Waals surface area contributed by atoms with Gasteiger partial charge in [-0.1, -0.05) is 18.2 Å². The van der Waals surface area contributed by atoms with Gasteiger partial charge in [-0.2, -0.15) is 0 Å². The first kappa shape index (κ1) is 19.7. The number of aryl methyl sites for hydroxylation is 1. The van der Waals surface area contributed by atoms with Gasteiger partial charge in [-0.15, -0.1) is 0 Å². The van der Waals surface area contributed by atoms with E-state index in [1.165, 1.54) is 0 Å². The number of benzene rings is 1. The molecule has 2 amide bonds. The molecule has 148 valence electrons. The summed E-state index contributed by atoms with van der Waals surface area (Å²) >= 11 is 0. The van der Waals surface area contributed by atoms with Crippen molar-refractivity contribution in [1.82, 2.24) is 15.2 Å². The molecule has 7 nitrogen and oxygen atoms in total. The number of aromatic nitrogens is 1. The van der Waals surface area contributed by atoms with Crippen LogP contribution in [0, 0.1) is 6.92 Å². The molecule has 1 aromatic carbocycles. The van der Waals surface area contributed by atoms with E-state index in [0.717, 1.165) is 11.3 Å². The lowest BCUT2D eigenvalue weighted by atomic mass is 10.0. The number of ether oxygens (including phenoxy) is 1. The van der Waals surface area contributed by atoms with Crippen LogP contribution in [0.3, 0.4) is 0 Å². The molecule has 0 aliphatic carbocycles. The number of para-hydroxylation sites is 1. The molecule has 2 N–H and O–H groups in total. The highest BCUT2D eigenvalue weighted by molar-refractivity contribution is 5.95. The van der Waals surface area contributed by atoms with Gasteiger partial charge in [0.15, 0.2) is 0 Å². The van der Waals surface area contributed by atoms with Gasteiger partial charge < -0.3 is 20.3 Å². The van der Waals surface area contributed by atoms with Crippen LogP contribution in [-0.4, -0.2) is 47.6 Å². The van der Waals surface area contributed by atoms with E-state index in [-0.39, 0.29) is 18.0 Å². The van der Waals surface area contributed by atoms with Gasteiger partial charge in [0.2, 0.25) is 0 Å². The highest BCUT2D eigenvalue weighted by Crippen LogP contribution is 2.19. The van der Waals surface area contributed by atoms with Crippen molar-refractivity contribution < 1.29 is 14.3 Å². The fraction of sp³-hybridized carbons (Fsp3) is 0.381.